The zero-order chi connectivity index (χ0) is 18.7. The highest BCUT2D eigenvalue weighted by atomic mass is 79.9. The summed E-state index contributed by atoms with van der Waals surface area (Å²) in [6.45, 7) is 0. The number of benzene rings is 2. The van der Waals surface area contributed by atoms with Gasteiger partial charge in [0.2, 0.25) is 0 Å². The molecule has 0 saturated heterocycles. The number of carboxylic acid groups (broad SMARTS) is 1. The van der Waals surface area contributed by atoms with Crippen molar-refractivity contribution in [3.05, 3.63) is 63.8 Å². The minimum Gasteiger partial charge on any atom is -0.497 e. The second-order valence-corrected chi connectivity index (χ2v) is 6.42. The number of aromatic nitrogens is 1. The maximum absolute atomic E-state index is 11.6. The van der Waals surface area contributed by atoms with Gasteiger partial charge in [0.15, 0.2) is 0 Å². The van der Waals surface area contributed by atoms with Crippen LogP contribution in [0.4, 0.5) is 0 Å². The van der Waals surface area contributed by atoms with Crippen LogP contribution < -0.4 is 9.47 Å². The predicted molar refractivity (Wildman–Crippen MR) is 105 cm³/mol. The van der Waals surface area contributed by atoms with Crippen molar-refractivity contribution in [3.63, 3.8) is 0 Å². The molecule has 0 unspecified atom stereocenters. The average molecular weight is 414 g/mol. The molecule has 0 bridgehead atoms. The van der Waals surface area contributed by atoms with Crippen LogP contribution in [-0.2, 0) is 0 Å². The second kappa shape index (κ2) is 7.58. The van der Waals surface area contributed by atoms with Crippen LogP contribution in [0.3, 0.4) is 0 Å². The van der Waals surface area contributed by atoms with Crippen LogP contribution in [0.25, 0.3) is 23.1 Å². The van der Waals surface area contributed by atoms with Gasteiger partial charge in [-0.1, -0.05) is 15.9 Å². The lowest BCUT2D eigenvalue weighted by Gasteiger charge is -2.08. The Kier molecular flexibility index (Phi) is 5.23. The number of nitrogens with zero attached hydrogens (tertiary/aromatic N) is 1. The number of hydrogen-bond donors (Lipinski definition) is 1. The minimum absolute atomic E-state index is 0.206. The van der Waals surface area contributed by atoms with Crippen LogP contribution in [0.2, 0.25) is 0 Å². The third-order valence-corrected chi connectivity index (χ3v) is 4.39. The van der Waals surface area contributed by atoms with Crippen molar-refractivity contribution < 1.29 is 19.4 Å². The predicted octanol–water partition coefficient (Wildman–Crippen LogP) is 4.88. The molecule has 1 heterocycles. The minimum atomic E-state index is -0.993. The van der Waals surface area contributed by atoms with Gasteiger partial charge in [0.1, 0.15) is 11.5 Å². The van der Waals surface area contributed by atoms with Crippen molar-refractivity contribution in [2.24, 2.45) is 0 Å². The third-order valence-electron chi connectivity index (χ3n) is 3.90. The number of carbonyl (C=O) groups is 1. The van der Waals surface area contributed by atoms with Gasteiger partial charge >= 0.3 is 5.97 Å². The Morgan fingerprint density at radius 1 is 1.08 bits per heavy atom. The highest BCUT2D eigenvalue weighted by Crippen LogP contribution is 2.27. The lowest BCUT2D eigenvalue weighted by molar-refractivity contribution is 0.0699. The Bertz CT molecular complexity index is 1010. The molecule has 1 N–H and O–H groups in total. The Hall–Kier alpha value is -2.86. The number of carboxylic acids is 1. The number of methoxy groups -OCH3 is 2. The first kappa shape index (κ1) is 17.9. The van der Waals surface area contributed by atoms with Crippen LogP contribution in [0.15, 0.2) is 46.9 Å². The molecule has 0 aliphatic rings. The molecular formula is C20H16BrNO4. The van der Waals surface area contributed by atoms with Crippen molar-refractivity contribution >= 4 is 45.0 Å². The Labute approximate surface area is 159 Å². The summed E-state index contributed by atoms with van der Waals surface area (Å²) in [5, 5.41) is 10.1. The van der Waals surface area contributed by atoms with Gasteiger partial charge in [-0.3, -0.25) is 0 Å². The van der Waals surface area contributed by atoms with Gasteiger partial charge in [0.25, 0.3) is 0 Å². The maximum Gasteiger partial charge on any atom is 0.336 e. The van der Waals surface area contributed by atoms with Gasteiger partial charge in [-0.25, -0.2) is 9.78 Å². The van der Waals surface area contributed by atoms with Crippen molar-refractivity contribution in [3.8, 4) is 11.5 Å². The normalized spacial score (nSPS) is 11.0. The number of hydrogen-bond acceptors (Lipinski definition) is 4. The van der Waals surface area contributed by atoms with Crippen molar-refractivity contribution in [2.45, 2.75) is 0 Å². The molecule has 0 aliphatic heterocycles. The summed E-state index contributed by atoms with van der Waals surface area (Å²) in [4.78, 5) is 16.1. The van der Waals surface area contributed by atoms with E-state index in [9.17, 15) is 9.90 Å². The van der Waals surface area contributed by atoms with Gasteiger partial charge in [-0.2, -0.15) is 0 Å². The molecule has 0 aliphatic carbocycles. The molecule has 0 atom stereocenters. The van der Waals surface area contributed by atoms with Crippen LogP contribution >= 0.6 is 15.9 Å². The molecule has 0 amide bonds. The molecule has 0 fully saturated rings. The molecule has 132 valence electrons. The number of rotatable bonds is 5. The number of ether oxygens (including phenoxy) is 2. The van der Waals surface area contributed by atoms with Gasteiger partial charge in [-0.15, -0.1) is 0 Å². The monoisotopic (exact) mass is 413 g/mol. The van der Waals surface area contributed by atoms with Crippen LogP contribution in [-0.4, -0.2) is 30.3 Å². The molecule has 5 nitrogen and oxygen atoms in total. The standard InChI is InChI=1S/C20H16BrNO4/c1-25-15-7-4-12(19(11-15)26-2)3-6-14-10-17(20(23)24)16-9-13(21)5-8-18(16)22-14/h3-11H,1-2H3,(H,23,24). The molecule has 1 aromatic heterocycles. The van der Waals surface area contributed by atoms with Crippen LogP contribution in [0.5, 0.6) is 11.5 Å². The van der Waals surface area contributed by atoms with Crippen molar-refractivity contribution in [2.75, 3.05) is 14.2 Å². The fraction of sp³-hybridized carbons (Fsp3) is 0.100. The van der Waals surface area contributed by atoms with Gasteiger partial charge < -0.3 is 14.6 Å². The summed E-state index contributed by atoms with van der Waals surface area (Å²) >= 11 is 3.36. The fourth-order valence-electron chi connectivity index (χ4n) is 2.61. The lowest BCUT2D eigenvalue weighted by atomic mass is 10.1. The molecule has 3 rings (SSSR count). The molecule has 2 aromatic carbocycles. The van der Waals surface area contributed by atoms with E-state index in [1.165, 1.54) is 0 Å². The summed E-state index contributed by atoms with van der Waals surface area (Å²) in [7, 11) is 3.18. The smallest absolute Gasteiger partial charge is 0.336 e. The topological polar surface area (TPSA) is 68.7 Å². The Balaban J connectivity index is 2.05. The lowest BCUT2D eigenvalue weighted by Crippen LogP contribution is -2.00. The summed E-state index contributed by atoms with van der Waals surface area (Å²) < 4.78 is 11.4. The van der Waals surface area contributed by atoms with E-state index in [4.69, 9.17) is 9.47 Å². The first-order valence-corrected chi connectivity index (χ1v) is 8.55. The number of pyridine rings is 1. The molecule has 0 spiro atoms. The highest BCUT2D eigenvalue weighted by molar-refractivity contribution is 9.10. The zero-order valence-electron chi connectivity index (χ0n) is 14.2. The van der Waals surface area contributed by atoms with E-state index in [0.717, 1.165) is 10.0 Å². The van der Waals surface area contributed by atoms with Gasteiger partial charge in [0.05, 0.1) is 31.0 Å². The van der Waals surface area contributed by atoms with Gasteiger partial charge in [-0.05, 0) is 48.6 Å². The third kappa shape index (κ3) is 3.70. The van der Waals surface area contributed by atoms with Crippen molar-refractivity contribution in [1.29, 1.82) is 0 Å². The van der Waals surface area contributed by atoms with E-state index in [1.54, 1.807) is 44.6 Å². The number of aromatic carboxylic acids is 1. The zero-order valence-corrected chi connectivity index (χ0v) is 15.8. The van der Waals surface area contributed by atoms with E-state index in [-0.39, 0.29) is 5.56 Å². The largest absolute Gasteiger partial charge is 0.497 e. The summed E-state index contributed by atoms with van der Waals surface area (Å²) in [6.07, 6.45) is 3.59. The van der Waals surface area contributed by atoms with Crippen LogP contribution in [0, 0.1) is 0 Å². The number of fused-ring (bicyclic) bond motifs is 1. The van der Waals surface area contributed by atoms with E-state index in [1.807, 2.05) is 24.3 Å². The van der Waals surface area contributed by atoms with E-state index in [0.29, 0.717) is 28.1 Å². The summed E-state index contributed by atoms with van der Waals surface area (Å²) in [6, 6.07) is 12.4. The van der Waals surface area contributed by atoms with Crippen LogP contribution in [0.1, 0.15) is 21.6 Å². The summed E-state index contributed by atoms with van der Waals surface area (Å²) in [5.41, 5.74) is 2.21. The SMILES string of the molecule is COc1ccc(C=Cc2cc(C(=O)O)c3cc(Br)ccc3n2)c(OC)c1. The number of halogens is 1. The Morgan fingerprint density at radius 3 is 2.58 bits per heavy atom. The summed E-state index contributed by atoms with van der Waals surface area (Å²) in [5.74, 6) is 0.359. The molecule has 3 aromatic rings. The van der Waals surface area contributed by atoms with E-state index in [2.05, 4.69) is 20.9 Å². The second-order valence-electron chi connectivity index (χ2n) is 5.50. The molecular weight excluding hydrogens is 398 g/mol. The Morgan fingerprint density at radius 2 is 1.88 bits per heavy atom. The van der Waals surface area contributed by atoms with E-state index >= 15 is 0 Å². The van der Waals surface area contributed by atoms with Crippen molar-refractivity contribution in [1.82, 2.24) is 4.98 Å². The molecule has 0 radical (unpaired) electrons. The molecule has 0 saturated carbocycles. The average Bonchev–Trinajstić information content (AvgIpc) is 2.65. The van der Waals surface area contributed by atoms with E-state index < -0.39 is 5.97 Å². The quantitative estimate of drug-likeness (QED) is 0.645. The molecule has 6 heteroatoms. The van der Waals surface area contributed by atoms with Gasteiger partial charge in [0, 0.05) is 21.5 Å². The fourth-order valence-corrected chi connectivity index (χ4v) is 2.97. The maximum atomic E-state index is 11.6. The first-order valence-electron chi connectivity index (χ1n) is 7.75. The highest BCUT2D eigenvalue weighted by Gasteiger charge is 2.11. The first-order chi connectivity index (χ1) is 12.5. The molecule has 26 heavy (non-hydrogen) atoms.